The van der Waals surface area contributed by atoms with Crippen LogP contribution in [0.5, 0.6) is 0 Å². The Bertz CT molecular complexity index is 195. The van der Waals surface area contributed by atoms with E-state index in [9.17, 15) is 13.2 Å². The molecule has 0 fully saturated rings. The number of nitrogens with zero attached hydrogens (tertiary/aromatic N) is 1. The zero-order valence-corrected chi connectivity index (χ0v) is 8.36. The third-order valence-electron chi connectivity index (χ3n) is 1.94. The molecule has 5 heteroatoms. The van der Waals surface area contributed by atoms with E-state index in [0.717, 1.165) is 12.8 Å². The molecule has 0 aromatic carbocycles. The third kappa shape index (κ3) is 5.07. The van der Waals surface area contributed by atoms with Gasteiger partial charge in [0, 0.05) is 12.6 Å². The first-order valence-electron chi connectivity index (χ1n) is 4.61. The van der Waals surface area contributed by atoms with E-state index in [1.165, 1.54) is 6.07 Å². The quantitative estimate of drug-likeness (QED) is 0.753. The van der Waals surface area contributed by atoms with Gasteiger partial charge in [-0.15, -0.1) is 0 Å². The second-order valence-electron chi connectivity index (χ2n) is 3.32. The summed E-state index contributed by atoms with van der Waals surface area (Å²) in [6, 6.07) is 1.28. The van der Waals surface area contributed by atoms with Gasteiger partial charge in [-0.2, -0.15) is 18.4 Å². The van der Waals surface area contributed by atoms with Gasteiger partial charge in [0.2, 0.25) is 0 Å². The molecule has 0 saturated carbocycles. The molecule has 2 unspecified atom stereocenters. The number of nitrogens with one attached hydrogen (secondary N) is 1. The van der Waals surface area contributed by atoms with Crippen molar-refractivity contribution < 1.29 is 13.2 Å². The summed E-state index contributed by atoms with van der Waals surface area (Å²) >= 11 is 0. The summed E-state index contributed by atoms with van der Waals surface area (Å²) in [4.78, 5) is 0. The molecular weight excluding hydrogens is 193 g/mol. The first kappa shape index (κ1) is 13.2. The molecule has 0 heterocycles. The minimum Gasteiger partial charge on any atom is -0.313 e. The summed E-state index contributed by atoms with van der Waals surface area (Å²) < 4.78 is 36.3. The van der Waals surface area contributed by atoms with Gasteiger partial charge in [0.15, 0.2) is 5.92 Å². The molecule has 0 spiro atoms. The van der Waals surface area contributed by atoms with Gasteiger partial charge >= 0.3 is 6.18 Å². The Morgan fingerprint density at radius 2 is 2.00 bits per heavy atom. The summed E-state index contributed by atoms with van der Waals surface area (Å²) in [5.41, 5.74) is 0. The van der Waals surface area contributed by atoms with Crippen molar-refractivity contribution in [2.24, 2.45) is 5.92 Å². The molecule has 0 aliphatic rings. The average Bonchev–Trinajstić information content (AvgIpc) is 2.03. The topological polar surface area (TPSA) is 35.8 Å². The standard InChI is InChI=1S/C9H15F3N2/c1-3-4-7(2)14-6-8(5-13)9(10,11)12/h7-8,14H,3-4,6H2,1-2H3. The molecule has 14 heavy (non-hydrogen) atoms. The number of hydrogen-bond donors (Lipinski definition) is 1. The van der Waals surface area contributed by atoms with E-state index in [-0.39, 0.29) is 12.6 Å². The van der Waals surface area contributed by atoms with E-state index in [4.69, 9.17) is 5.26 Å². The van der Waals surface area contributed by atoms with Crippen LogP contribution in [-0.2, 0) is 0 Å². The third-order valence-corrected chi connectivity index (χ3v) is 1.94. The van der Waals surface area contributed by atoms with Crippen molar-refractivity contribution in [3.63, 3.8) is 0 Å². The highest BCUT2D eigenvalue weighted by molar-refractivity contribution is 4.90. The van der Waals surface area contributed by atoms with Gasteiger partial charge in [0.25, 0.3) is 0 Å². The van der Waals surface area contributed by atoms with Crippen LogP contribution in [0.3, 0.4) is 0 Å². The normalized spacial score (nSPS) is 16.0. The molecule has 0 aromatic rings. The Kier molecular flexibility index (Phi) is 5.55. The maximum absolute atomic E-state index is 12.1. The summed E-state index contributed by atoms with van der Waals surface area (Å²) in [6.07, 6.45) is -2.69. The number of alkyl halides is 3. The van der Waals surface area contributed by atoms with Crippen molar-refractivity contribution in [2.45, 2.75) is 38.9 Å². The number of nitriles is 1. The van der Waals surface area contributed by atoms with Crippen LogP contribution in [0.1, 0.15) is 26.7 Å². The molecule has 0 saturated heterocycles. The zero-order chi connectivity index (χ0) is 11.2. The van der Waals surface area contributed by atoms with E-state index in [2.05, 4.69) is 5.32 Å². The Labute approximate surface area is 82.1 Å². The molecule has 0 aromatic heterocycles. The summed E-state index contributed by atoms with van der Waals surface area (Å²) in [5.74, 6) is -1.90. The fraction of sp³-hybridized carbons (Fsp3) is 0.889. The van der Waals surface area contributed by atoms with Gasteiger partial charge in [-0.25, -0.2) is 0 Å². The number of halogens is 3. The van der Waals surface area contributed by atoms with Crippen LogP contribution in [0.25, 0.3) is 0 Å². The van der Waals surface area contributed by atoms with Crippen molar-refractivity contribution in [1.82, 2.24) is 5.32 Å². The summed E-state index contributed by atoms with van der Waals surface area (Å²) in [7, 11) is 0. The van der Waals surface area contributed by atoms with Gasteiger partial charge < -0.3 is 5.32 Å². The first-order chi connectivity index (χ1) is 6.41. The molecule has 0 aliphatic carbocycles. The second kappa shape index (κ2) is 5.86. The largest absolute Gasteiger partial charge is 0.405 e. The molecule has 0 rings (SSSR count). The number of hydrogen-bond acceptors (Lipinski definition) is 2. The Balaban J connectivity index is 3.92. The average molecular weight is 208 g/mol. The Morgan fingerprint density at radius 3 is 2.36 bits per heavy atom. The Morgan fingerprint density at radius 1 is 1.43 bits per heavy atom. The predicted octanol–water partition coefficient (Wildman–Crippen LogP) is 2.47. The molecule has 0 radical (unpaired) electrons. The molecule has 0 amide bonds. The Hall–Kier alpha value is -0.760. The SMILES string of the molecule is CCCC(C)NCC(C#N)C(F)(F)F. The smallest absolute Gasteiger partial charge is 0.313 e. The number of rotatable bonds is 5. The molecule has 0 bridgehead atoms. The highest BCUT2D eigenvalue weighted by atomic mass is 19.4. The molecule has 82 valence electrons. The maximum atomic E-state index is 12.1. The van der Waals surface area contributed by atoms with Crippen LogP contribution in [0.4, 0.5) is 13.2 Å². The van der Waals surface area contributed by atoms with Gasteiger partial charge in [-0.05, 0) is 13.3 Å². The van der Waals surface area contributed by atoms with Gasteiger partial charge in [-0.1, -0.05) is 13.3 Å². The molecule has 2 nitrogen and oxygen atoms in total. The van der Waals surface area contributed by atoms with Crippen molar-refractivity contribution in [2.75, 3.05) is 6.54 Å². The van der Waals surface area contributed by atoms with E-state index < -0.39 is 12.1 Å². The van der Waals surface area contributed by atoms with E-state index in [1.54, 1.807) is 0 Å². The second-order valence-corrected chi connectivity index (χ2v) is 3.32. The van der Waals surface area contributed by atoms with Gasteiger partial charge in [-0.3, -0.25) is 0 Å². The lowest BCUT2D eigenvalue weighted by Crippen LogP contribution is -2.36. The van der Waals surface area contributed by atoms with Crippen LogP contribution in [0, 0.1) is 17.2 Å². The van der Waals surface area contributed by atoms with Crippen LogP contribution in [0.15, 0.2) is 0 Å². The van der Waals surface area contributed by atoms with E-state index in [0.29, 0.717) is 0 Å². The molecule has 0 aliphatic heterocycles. The summed E-state index contributed by atoms with van der Waals surface area (Å²) in [5, 5.41) is 11.0. The zero-order valence-electron chi connectivity index (χ0n) is 8.36. The van der Waals surface area contributed by atoms with Crippen molar-refractivity contribution in [3.8, 4) is 6.07 Å². The van der Waals surface area contributed by atoms with Crippen molar-refractivity contribution >= 4 is 0 Å². The monoisotopic (exact) mass is 208 g/mol. The van der Waals surface area contributed by atoms with Crippen LogP contribution in [0.2, 0.25) is 0 Å². The summed E-state index contributed by atoms with van der Waals surface area (Å²) in [6.45, 7) is 3.46. The minimum absolute atomic E-state index is 0.0261. The van der Waals surface area contributed by atoms with Gasteiger partial charge in [0.05, 0.1) is 6.07 Å². The lowest BCUT2D eigenvalue weighted by molar-refractivity contribution is -0.157. The minimum atomic E-state index is -4.42. The highest BCUT2D eigenvalue weighted by Crippen LogP contribution is 2.24. The van der Waals surface area contributed by atoms with Crippen LogP contribution >= 0.6 is 0 Å². The van der Waals surface area contributed by atoms with Crippen LogP contribution < -0.4 is 5.32 Å². The predicted molar refractivity (Wildman–Crippen MR) is 47.5 cm³/mol. The van der Waals surface area contributed by atoms with E-state index in [1.807, 2.05) is 13.8 Å². The maximum Gasteiger partial charge on any atom is 0.405 e. The molecule has 1 N–H and O–H groups in total. The first-order valence-corrected chi connectivity index (χ1v) is 4.61. The fourth-order valence-corrected chi connectivity index (χ4v) is 1.09. The molecule has 2 atom stereocenters. The highest BCUT2D eigenvalue weighted by Gasteiger charge is 2.39. The lowest BCUT2D eigenvalue weighted by Gasteiger charge is -2.17. The van der Waals surface area contributed by atoms with Gasteiger partial charge in [0.1, 0.15) is 0 Å². The van der Waals surface area contributed by atoms with Crippen LogP contribution in [-0.4, -0.2) is 18.8 Å². The molecular formula is C9H15F3N2. The van der Waals surface area contributed by atoms with E-state index >= 15 is 0 Å². The van der Waals surface area contributed by atoms with Crippen molar-refractivity contribution in [1.29, 1.82) is 5.26 Å². The fourth-order valence-electron chi connectivity index (χ4n) is 1.09. The lowest BCUT2D eigenvalue weighted by atomic mass is 10.1. The van der Waals surface area contributed by atoms with Crippen molar-refractivity contribution in [3.05, 3.63) is 0 Å².